The average molecular weight is 248 g/mol. The zero-order valence-electron chi connectivity index (χ0n) is 10.3. The van der Waals surface area contributed by atoms with Crippen LogP contribution in [-0.4, -0.2) is 25.3 Å². The van der Waals surface area contributed by atoms with Crippen LogP contribution in [-0.2, 0) is 11.3 Å². The first-order valence-electron chi connectivity index (χ1n) is 5.71. The number of hydrogen-bond donors (Lipinski definition) is 1. The van der Waals surface area contributed by atoms with Gasteiger partial charge in [-0.3, -0.25) is 0 Å². The summed E-state index contributed by atoms with van der Waals surface area (Å²) >= 11 is 0. The number of rotatable bonds is 7. The molecule has 0 bridgehead atoms. The third-order valence-corrected chi connectivity index (χ3v) is 2.35. The van der Waals surface area contributed by atoms with Gasteiger partial charge in [0.05, 0.1) is 31.0 Å². The second-order valence-corrected chi connectivity index (χ2v) is 3.71. The average Bonchev–Trinajstić information content (AvgIpc) is 2.91. The first kappa shape index (κ1) is 12.4. The number of nitrogens with zero attached hydrogens (tertiary/aromatic N) is 1. The number of pyridine rings is 1. The van der Waals surface area contributed by atoms with Gasteiger partial charge in [-0.05, 0) is 12.1 Å². The van der Waals surface area contributed by atoms with Crippen LogP contribution in [0.4, 0.5) is 5.69 Å². The molecule has 0 saturated carbocycles. The lowest BCUT2D eigenvalue weighted by Gasteiger charge is -2.07. The van der Waals surface area contributed by atoms with Gasteiger partial charge in [0.15, 0.2) is 0 Å². The number of hydrogen-bond acceptors (Lipinski definition) is 5. The summed E-state index contributed by atoms with van der Waals surface area (Å²) in [7, 11) is 1.64. The minimum Gasteiger partial charge on any atom is -0.475 e. The van der Waals surface area contributed by atoms with Gasteiger partial charge in [0.2, 0.25) is 5.88 Å². The van der Waals surface area contributed by atoms with E-state index in [2.05, 4.69) is 10.3 Å². The molecule has 0 fully saturated rings. The molecule has 96 valence electrons. The molecule has 0 unspecified atom stereocenters. The van der Waals surface area contributed by atoms with Crippen LogP contribution in [0.1, 0.15) is 5.56 Å². The van der Waals surface area contributed by atoms with Gasteiger partial charge < -0.3 is 19.2 Å². The lowest BCUT2D eigenvalue weighted by atomic mass is 10.3. The van der Waals surface area contributed by atoms with Crippen molar-refractivity contribution < 1.29 is 13.9 Å². The van der Waals surface area contributed by atoms with Crippen LogP contribution in [0.3, 0.4) is 0 Å². The molecule has 0 aliphatic heterocycles. The maximum atomic E-state index is 5.37. The first-order valence-corrected chi connectivity index (χ1v) is 5.71. The molecule has 2 aromatic rings. The Labute approximate surface area is 106 Å². The maximum absolute atomic E-state index is 5.37. The lowest BCUT2D eigenvalue weighted by molar-refractivity contribution is 0.144. The van der Waals surface area contributed by atoms with E-state index in [1.54, 1.807) is 25.8 Å². The Morgan fingerprint density at radius 1 is 1.28 bits per heavy atom. The summed E-state index contributed by atoms with van der Waals surface area (Å²) in [6.45, 7) is 1.77. The standard InChI is InChI=1S/C13H16N2O3/c1-16-6-7-18-13-3-2-12(9-15-13)14-8-11-4-5-17-10-11/h2-5,9-10,14H,6-8H2,1H3. The molecule has 2 heterocycles. The molecule has 2 aromatic heterocycles. The molecule has 5 nitrogen and oxygen atoms in total. The molecular formula is C13H16N2O3. The molecule has 0 aromatic carbocycles. The van der Waals surface area contributed by atoms with Gasteiger partial charge in [-0.1, -0.05) is 0 Å². The first-order chi connectivity index (χ1) is 8.88. The Balaban J connectivity index is 1.80. The summed E-state index contributed by atoms with van der Waals surface area (Å²) in [5.74, 6) is 0.598. The highest BCUT2D eigenvalue weighted by atomic mass is 16.5. The Bertz CT molecular complexity index is 440. The zero-order valence-corrected chi connectivity index (χ0v) is 10.3. The number of aromatic nitrogens is 1. The molecule has 0 saturated heterocycles. The van der Waals surface area contributed by atoms with E-state index >= 15 is 0 Å². The van der Waals surface area contributed by atoms with Crippen molar-refractivity contribution in [2.24, 2.45) is 0 Å². The van der Waals surface area contributed by atoms with E-state index in [1.165, 1.54) is 0 Å². The van der Waals surface area contributed by atoms with E-state index in [9.17, 15) is 0 Å². The second kappa shape index (κ2) is 6.66. The SMILES string of the molecule is COCCOc1ccc(NCc2ccoc2)cn1. The van der Waals surface area contributed by atoms with E-state index in [-0.39, 0.29) is 0 Å². The summed E-state index contributed by atoms with van der Waals surface area (Å²) in [6, 6.07) is 5.67. The topological polar surface area (TPSA) is 56.5 Å². The van der Waals surface area contributed by atoms with Crippen molar-refractivity contribution in [3.8, 4) is 5.88 Å². The van der Waals surface area contributed by atoms with Crippen molar-refractivity contribution in [3.63, 3.8) is 0 Å². The maximum Gasteiger partial charge on any atom is 0.213 e. The molecule has 0 atom stereocenters. The Hall–Kier alpha value is -2.01. The highest BCUT2D eigenvalue weighted by molar-refractivity contribution is 5.42. The van der Waals surface area contributed by atoms with Crippen LogP contribution in [0.5, 0.6) is 5.88 Å². The summed E-state index contributed by atoms with van der Waals surface area (Å²) in [4.78, 5) is 4.19. The van der Waals surface area contributed by atoms with Gasteiger partial charge in [-0.25, -0.2) is 4.98 Å². The summed E-state index contributed by atoms with van der Waals surface area (Å²) in [5, 5.41) is 3.24. The molecule has 0 aliphatic rings. The highest BCUT2D eigenvalue weighted by Crippen LogP contribution is 2.12. The largest absolute Gasteiger partial charge is 0.475 e. The molecule has 0 amide bonds. The fourth-order valence-electron chi connectivity index (χ4n) is 1.40. The number of ether oxygens (including phenoxy) is 2. The Morgan fingerprint density at radius 2 is 2.22 bits per heavy atom. The van der Waals surface area contributed by atoms with Crippen molar-refractivity contribution >= 4 is 5.69 Å². The minimum atomic E-state index is 0.505. The molecule has 0 aliphatic carbocycles. The lowest BCUT2D eigenvalue weighted by Crippen LogP contribution is -2.05. The third kappa shape index (κ3) is 3.78. The number of nitrogens with one attached hydrogen (secondary N) is 1. The Kier molecular flexibility index (Phi) is 4.60. The van der Waals surface area contributed by atoms with E-state index < -0.39 is 0 Å². The second-order valence-electron chi connectivity index (χ2n) is 3.71. The van der Waals surface area contributed by atoms with Crippen molar-refractivity contribution in [2.75, 3.05) is 25.6 Å². The molecule has 18 heavy (non-hydrogen) atoms. The third-order valence-electron chi connectivity index (χ3n) is 2.35. The zero-order chi connectivity index (χ0) is 12.6. The number of anilines is 1. The normalized spacial score (nSPS) is 10.3. The van der Waals surface area contributed by atoms with Crippen molar-refractivity contribution in [3.05, 3.63) is 42.5 Å². The van der Waals surface area contributed by atoms with Crippen molar-refractivity contribution in [1.29, 1.82) is 0 Å². The minimum absolute atomic E-state index is 0.505. The van der Waals surface area contributed by atoms with Crippen LogP contribution in [0.15, 0.2) is 41.3 Å². The number of furan rings is 1. The molecule has 5 heteroatoms. The number of methoxy groups -OCH3 is 1. The predicted molar refractivity (Wildman–Crippen MR) is 67.6 cm³/mol. The van der Waals surface area contributed by atoms with E-state index in [0.717, 1.165) is 11.3 Å². The van der Waals surface area contributed by atoms with Crippen LogP contribution < -0.4 is 10.1 Å². The molecule has 0 spiro atoms. The quantitative estimate of drug-likeness (QED) is 0.762. The molecule has 0 radical (unpaired) electrons. The fourth-order valence-corrected chi connectivity index (χ4v) is 1.40. The van der Waals surface area contributed by atoms with E-state index in [1.807, 2.05) is 18.2 Å². The van der Waals surface area contributed by atoms with Gasteiger partial charge in [0.1, 0.15) is 6.61 Å². The van der Waals surface area contributed by atoms with Crippen molar-refractivity contribution in [1.82, 2.24) is 4.98 Å². The van der Waals surface area contributed by atoms with Crippen LogP contribution in [0, 0.1) is 0 Å². The van der Waals surface area contributed by atoms with Gasteiger partial charge in [0.25, 0.3) is 0 Å². The highest BCUT2D eigenvalue weighted by Gasteiger charge is 1.98. The van der Waals surface area contributed by atoms with Gasteiger partial charge in [0, 0.05) is 25.3 Å². The predicted octanol–water partition coefficient (Wildman–Crippen LogP) is 2.31. The summed E-state index contributed by atoms with van der Waals surface area (Å²) < 4.78 is 15.3. The molecular weight excluding hydrogens is 232 g/mol. The van der Waals surface area contributed by atoms with Gasteiger partial charge >= 0.3 is 0 Å². The van der Waals surface area contributed by atoms with Crippen LogP contribution >= 0.6 is 0 Å². The van der Waals surface area contributed by atoms with Crippen LogP contribution in [0.25, 0.3) is 0 Å². The Morgan fingerprint density at radius 3 is 2.89 bits per heavy atom. The van der Waals surface area contributed by atoms with E-state index in [4.69, 9.17) is 13.9 Å². The fraction of sp³-hybridized carbons (Fsp3) is 0.308. The van der Waals surface area contributed by atoms with Crippen molar-refractivity contribution in [2.45, 2.75) is 6.54 Å². The van der Waals surface area contributed by atoms with Gasteiger partial charge in [-0.15, -0.1) is 0 Å². The van der Waals surface area contributed by atoms with Crippen LogP contribution in [0.2, 0.25) is 0 Å². The van der Waals surface area contributed by atoms with Gasteiger partial charge in [-0.2, -0.15) is 0 Å². The molecule has 1 N–H and O–H groups in total. The molecule has 2 rings (SSSR count). The summed E-state index contributed by atoms with van der Waals surface area (Å²) in [5.41, 5.74) is 2.03. The summed E-state index contributed by atoms with van der Waals surface area (Å²) in [6.07, 6.45) is 5.10. The smallest absolute Gasteiger partial charge is 0.213 e. The monoisotopic (exact) mass is 248 g/mol. The van der Waals surface area contributed by atoms with E-state index in [0.29, 0.717) is 25.6 Å².